The standard InChI is InChI=1S/C18H30N2O7S/c1-5-14(21)20-13(17(24)11(4)18(19)25)10-28-9-12(27-16(23)7-3)8-26-15(22)6-2/h11-13H,5-10H2,1-4H3,(H2,19,25)(H,20,21)/t11?,12?,13-/m0/s1. The number of nitrogens with two attached hydrogens (primary N) is 1. The normalized spacial score (nSPS) is 13.7. The van der Waals surface area contributed by atoms with Gasteiger partial charge in [-0.2, -0.15) is 11.8 Å². The number of hydrogen-bond acceptors (Lipinski definition) is 8. The molecule has 0 radical (unpaired) electrons. The number of carbonyl (C=O) groups excluding carboxylic acids is 5. The molecule has 0 bridgehead atoms. The lowest BCUT2D eigenvalue weighted by Gasteiger charge is -2.21. The molecule has 0 fully saturated rings. The van der Waals surface area contributed by atoms with Crippen LogP contribution in [0.25, 0.3) is 0 Å². The summed E-state index contributed by atoms with van der Waals surface area (Å²) < 4.78 is 10.3. The lowest BCUT2D eigenvalue weighted by Crippen LogP contribution is -2.47. The maximum atomic E-state index is 12.4. The van der Waals surface area contributed by atoms with Gasteiger partial charge in [0.05, 0.1) is 12.0 Å². The molecular weight excluding hydrogens is 388 g/mol. The summed E-state index contributed by atoms with van der Waals surface area (Å²) in [6, 6.07) is -0.902. The highest BCUT2D eigenvalue weighted by Crippen LogP contribution is 2.13. The Labute approximate surface area is 169 Å². The lowest BCUT2D eigenvalue weighted by molar-refractivity contribution is -0.157. The molecule has 2 amide bonds. The average molecular weight is 419 g/mol. The summed E-state index contributed by atoms with van der Waals surface area (Å²) in [6.07, 6.45) is -0.124. The number of primary amides is 1. The van der Waals surface area contributed by atoms with E-state index in [0.29, 0.717) is 0 Å². The molecule has 0 heterocycles. The van der Waals surface area contributed by atoms with Crippen molar-refractivity contribution in [2.24, 2.45) is 11.7 Å². The molecule has 3 N–H and O–H groups in total. The van der Waals surface area contributed by atoms with E-state index in [4.69, 9.17) is 15.2 Å². The quantitative estimate of drug-likeness (QED) is 0.308. The number of amides is 2. The van der Waals surface area contributed by atoms with E-state index in [-0.39, 0.29) is 43.3 Å². The number of hydrogen-bond donors (Lipinski definition) is 2. The average Bonchev–Trinajstić information content (AvgIpc) is 2.68. The lowest BCUT2D eigenvalue weighted by atomic mass is 10.0. The van der Waals surface area contributed by atoms with Crippen molar-refractivity contribution in [3.05, 3.63) is 0 Å². The van der Waals surface area contributed by atoms with E-state index in [0.717, 1.165) is 0 Å². The summed E-state index contributed by atoms with van der Waals surface area (Å²) in [5, 5.41) is 2.58. The van der Waals surface area contributed by atoms with E-state index in [2.05, 4.69) is 5.32 Å². The van der Waals surface area contributed by atoms with Crippen LogP contribution in [0.5, 0.6) is 0 Å². The van der Waals surface area contributed by atoms with Crippen molar-refractivity contribution in [3.63, 3.8) is 0 Å². The fraction of sp³-hybridized carbons (Fsp3) is 0.722. The maximum Gasteiger partial charge on any atom is 0.305 e. The summed E-state index contributed by atoms with van der Waals surface area (Å²) >= 11 is 1.23. The fourth-order valence-corrected chi connectivity index (χ4v) is 2.97. The first-order valence-corrected chi connectivity index (χ1v) is 10.4. The van der Waals surface area contributed by atoms with E-state index in [1.165, 1.54) is 18.7 Å². The molecule has 10 heteroatoms. The van der Waals surface area contributed by atoms with Crippen LogP contribution in [0.1, 0.15) is 47.0 Å². The number of thioether (sulfide) groups is 1. The molecule has 0 saturated heterocycles. The van der Waals surface area contributed by atoms with Crippen LogP contribution in [0.3, 0.4) is 0 Å². The molecule has 0 aliphatic heterocycles. The van der Waals surface area contributed by atoms with Crippen molar-refractivity contribution in [1.82, 2.24) is 5.32 Å². The molecule has 0 saturated carbocycles. The van der Waals surface area contributed by atoms with Crippen molar-refractivity contribution >= 4 is 41.3 Å². The van der Waals surface area contributed by atoms with Crippen molar-refractivity contribution in [3.8, 4) is 0 Å². The molecule has 0 aromatic rings. The first kappa shape index (κ1) is 25.9. The highest BCUT2D eigenvalue weighted by atomic mass is 32.2. The van der Waals surface area contributed by atoms with Crippen LogP contribution in [-0.2, 0) is 33.4 Å². The van der Waals surface area contributed by atoms with Gasteiger partial charge in [-0.25, -0.2) is 0 Å². The Hall–Kier alpha value is -2.10. The van der Waals surface area contributed by atoms with Gasteiger partial charge in [0.15, 0.2) is 5.78 Å². The van der Waals surface area contributed by atoms with Crippen LogP contribution in [-0.4, -0.2) is 59.8 Å². The minimum absolute atomic E-state index is 0.0942. The van der Waals surface area contributed by atoms with Gasteiger partial charge in [0.1, 0.15) is 12.7 Å². The topological polar surface area (TPSA) is 142 Å². The molecule has 9 nitrogen and oxygen atoms in total. The third kappa shape index (κ3) is 10.3. The second kappa shape index (κ2) is 14.0. The highest BCUT2D eigenvalue weighted by molar-refractivity contribution is 7.99. The van der Waals surface area contributed by atoms with Crippen molar-refractivity contribution < 1.29 is 33.4 Å². The van der Waals surface area contributed by atoms with Crippen molar-refractivity contribution in [2.75, 3.05) is 18.1 Å². The first-order valence-electron chi connectivity index (χ1n) is 9.21. The number of rotatable bonds is 14. The number of nitrogens with one attached hydrogen (secondary N) is 1. The Kier molecular flexibility index (Phi) is 12.9. The van der Waals surface area contributed by atoms with Gasteiger partial charge < -0.3 is 20.5 Å². The third-order valence-electron chi connectivity index (χ3n) is 3.75. The number of Topliss-reactive ketones (excluding diaryl/α,β-unsaturated/α-hetero) is 1. The summed E-state index contributed by atoms with van der Waals surface area (Å²) in [5.74, 6) is -3.07. The zero-order valence-electron chi connectivity index (χ0n) is 16.8. The van der Waals surface area contributed by atoms with Crippen molar-refractivity contribution in [1.29, 1.82) is 0 Å². The van der Waals surface area contributed by atoms with Gasteiger partial charge in [0.25, 0.3) is 0 Å². The van der Waals surface area contributed by atoms with Crippen LogP contribution in [0, 0.1) is 5.92 Å². The predicted molar refractivity (Wildman–Crippen MR) is 104 cm³/mol. The van der Waals surface area contributed by atoms with Crippen LogP contribution in [0.4, 0.5) is 0 Å². The van der Waals surface area contributed by atoms with Crippen LogP contribution in [0.15, 0.2) is 0 Å². The minimum Gasteiger partial charge on any atom is -0.462 e. The van der Waals surface area contributed by atoms with E-state index in [9.17, 15) is 24.0 Å². The largest absolute Gasteiger partial charge is 0.462 e. The molecule has 28 heavy (non-hydrogen) atoms. The molecule has 0 aliphatic rings. The van der Waals surface area contributed by atoms with E-state index in [1.54, 1.807) is 20.8 Å². The summed E-state index contributed by atoms with van der Waals surface area (Å²) in [5.41, 5.74) is 5.18. The first-order chi connectivity index (χ1) is 13.2. The molecular formula is C18H30N2O7S. The molecule has 0 aromatic carbocycles. The molecule has 2 unspecified atom stereocenters. The number of ether oxygens (including phenoxy) is 2. The predicted octanol–water partition coefficient (Wildman–Crippen LogP) is 0.580. The SMILES string of the molecule is CCC(=O)N[C@@H](CSCC(COC(=O)CC)OC(=O)CC)C(=O)C(C)C(N)=O. The fourth-order valence-electron chi connectivity index (χ4n) is 1.92. The molecule has 0 aliphatic carbocycles. The molecule has 0 spiro atoms. The van der Waals surface area contributed by atoms with E-state index in [1.807, 2.05) is 0 Å². The van der Waals surface area contributed by atoms with Crippen LogP contribution < -0.4 is 11.1 Å². The zero-order chi connectivity index (χ0) is 21.7. The second-order valence-electron chi connectivity index (χ2n) is 6.04. The Morgan fingerprint density at radius 1 is 0.964 bits per heavy atom. The van der Waals surface area contributed by atoms with Gasteiger partial charge >= 0.3 is 11.9 Å². The van der Waals surface area contributed by atoms with Gasteiger partial charge in [0, 0.05) is 30.8 Å². The molecule has 3 atom stereocenters. The Morgan fingerprint density at radius 2 is 1.57 bits per heavy atom. The van der Waals surface area contributed by atoms with E-state index >= 15 is 0 Å². The van der Waals surface area contributed by atoms with Crippen LogP contribution >= 0.6 is 11.8 Å². The third-order valence-corrected chi connectivity index (χ3v) is 4.92. The Bertz CT molecular complexity index is 568. The monoisotopic (exact) mass is 418 g/mol. The Morgan fingerprint density at radius 3 is 2.07 bits per heavy atom. The smallest absolute Gasteiger partial charge is 0.305 e. The van der Waals surface area contributed by atoms with Gasteiger partial charge in [-0.3, -0.25) is 24.0 Å². The molecule has 0 aromatic heterocycles. The van der Waals surface area contributed by atoms with Gasteiger partial charge in [-0.1, -0.05) is 20.8 Å². The summed E-state index contributed by atoms with van der Waals surface area (Å²) in [7, 11) is 0. The molecule has 0 rings (SSSR count). The number of esters is 2. The second-order valence-corrected chi connectivity index (χ2v) is 7.11. The van der Waals surface area contributed by atoms with Gasteiger partial charge in [-0.05, 0) is 6.92 Å². The highest BCUT2D eigenvalue weighted by Gasteiger charge is 2.29. The number of ketones is 1. The van der Waals surface area contributed by atoms with Crippen LogP contribution in [0.2, 0.25) is 0 Å². The summed E-state index contributed by atoms with van der Waals surface area (Å²) in [6.45, 7) is 6.23. The number of carbonyl (C=O) groups is 5. The van der Waals surface area contributed by atoms with Gasteiger partial charge in [-0.15, -0.1) is 0 Å². The maximum absolute atomic E-state index is 12.4. The zero-order valence-corrected chi connectivity index (χ0v) is 17.6. The minimum atomic E-state index is -1.04. The Balaban J connectivity index is 4.92. The van der Waals surface area contributed by atoms with Gasteiger partial charge in [0.2, 0.25) is 11.8 Å². The molecule has 160 valence electrons. The van der Waals surface area contributed by atoms with Crippen molar-refractivity contribution in [2.45, 2.75) is 59.1 Å². The van der Waals surface area contributed by atoms with E-state index < -0.39 is 41.7 Å². The summed E-state index contributed by atoms with van der Waals surface area (Å²) in [4.78, 5) is 58.3.